The Kier molecular flexibility index (Phi) is 9.79. The standard InChI is InChI=1S/C37H28F8O/c1-2-3-4-5-22-6-8-23(9-7-22)27-18-34(42)36(35(43)19-27)37(44,45)46-28-13-15-30(33(41)20-28)25-12-14-29(32(40)17-25)24-10-11-26(21-38)31(39)16-24/h6-20H,2-5,21H2,1H3. The molecule has 0 heterocycles. The maximum atomic E-state index is 15.1. The van der Waals surface area contributed by atoms with Crippen LogP contribution in [0.2, 0.25) is 0 Å². The topological polar surface area (TPSA) is 9.23 Å². The summed E-state index contributed by atoms with van der Waals surface area (Å²) in [5, 5.41) is 0. The van der Waals surface area contributed by atoms with Crippen molar-refractivity contribution < 1.29 is 39.9 Å². The zero-order valence-corrected chi connectivity index (χ0v) is 24.6. The molecule has 0 N–H and O–H groups in total. The van der Waals surface area contributed by atoms with E-state index >= 15 is 13.2 Å². The van der Waals surface area contributed by atoms with E-state index < -0.39 is 53.2 Å². The summed E-state index contributed by atoms with van der Waals surface area (Å²) in [4.78, 5) is 0. The zero-order valence-electron chi connectivity index (χ0n) is 24.6. The quantitative estimate of drug-likeness (QED) is 0.103. The Balaban J connectivity index is 1.34. The second kappa shape index (κ2) is 13.8. The normalized spacial score (nSPS) is 11.6. The van der Waals surface area contributed by atoms with Gasteiger partial charge in [0.05, 0.1) is 0 Å². The number of alkyl halides is 3. The van der Waals surface area contributed by atoms with Crippen LogP contribution in [0.15, 0.2) is 91.0 Å². The van der Waals surface area contributed by atoms with Crippen molar-refractivity contribution in [2.45, 2.75) is 45.4 Å². The van der Waals surface area contributed by atoms with Crippen LogP contribution in [0.1, 0.15) is 42.9 Å². The van der Waals surface area contributed by atoms with E-state index in [0.29, 0.717) is 11.6 Å². The molecule has 9 heteroatoms. The van der Waals surface area contributed by atoms with Crippen molar-refractivity contribution in [2.75, 3.05) is 0 Å². The Hall–Kier alpha value is -4.66. The molecule has 0 aliphatic heterocycles. The monoisotopic (exact) mass is 640 g/mol. The Morgan fingerprint density at radius 2 is 1.11 bits per heavy atom. The predicted molar refractivity (Wildman–Crippen MR) is 162 cm³/mol. The summed E-state index contributed by atoms with van der Waals surface area (Å²) in [5.74, 6) is -6.58. The second-order valence-electron chi connectivity index (χ2n) is 10.9. The molecule has 0 saturated heterocycles. The van der Waals surface area contributed by atoms with Crippen molar-refractivity contribution in [2.24, 2.45) is 0 Å². The summed E-state index contributed by atoms with van der Waals surface area (Å²) < 4.78 is 121. The molecule has 0 aromatic heterocycles. The lowest BCUT2D eigenvalue weighted by Gasteiger charge is -2.20. The van der Waals surface area contributed by atoms with Crippen LogP contribution in [0, 0.1) is 29.1 Å². The average molecular weight is 641 g/mol. The summed E-state index contributed by atoms with van der Waals surface area (Å²) in [5.41, 5.74) is -0.314. The van der Waals surface area contributed by atoms with Crippen molar-refractivity contribution in [1.82, 2.24) is 0 Å². The van der Waals surface area contributed by atoms with Crippen LogP contribution >= 0.6 is 0 Å². The molecule has 0 aliphatic carbocycles. The highest BCUT2D eigenvalue weighted by atomic mass is 19.3. The average Bonchev–Trinajstić information content (AvgIpc) is 3.01. The number of aryl methyl sites for hydroxylation is 1. The molecule has 5 aromatic rings. The lowest BCUT2D eigenvalue weighted by Crippen LogP contribution is -2.25. The van der Waals surface area contributed by atoms with E-state index in [4.69, 9.17) is 0 Å². The Morgan fingerprint density at radius 3 is 1.67 bits per heavy atom. The fourth-order valence-electron chi connectivity index (χ4n) is 5.19. The highest BCUT2D eigenvalue weighted by Crippen LogP contribution is 2.38. The highest BCUT2D eigenvalue weighted by Gasteiger charge is 2.41. The van der Waals surface area contributed by atoms with Crippen LogP contribution in [-0.4, -0.2) is 0 Å². The maximum Gasteiger partial charge on any atom is 0.432 e. The van der Waals surface area contributed by atoms with Crippen molar-refractivity contribution >= 4 is 0 Å². The van der Waals surface area contributed by atoms with Gasteiger partial charge in [0, 0.05) is 22.8 Å². The molecule has 0 atom stereocenters. The zero-order chi connectivity index (χ0) is 33.0. The first-order valence-corrected chi connectivity index (χ1v) is 14.6. The van der Waals surface area contributed by atoms with Crippen LogP contribution in [0.5, 0.6) is 5.75 Å². The smallest absolute Gasteiger partial charge is 0.429 e. The molecule has 238 valence electrons. The molecule has 0 bridgehead atoms. The second-order valence-corrected chi connectivity index (χ2v) is 10.9. The number of rotatable bonds is 11. The van der Waals surface area contributed by atoms with Crippen molar-refractivity contribution in [3.8, 4) is 39.1 Å². The van der Waals surface area contributed by atoms with Crippen LogP contribution < -0.4 is 4.74 Å². The highest BCUT2D eigenvalue weighted by molar-refractivity contribution is 5.72. The number of unbranched alkanes of at least 4 members (excludes halogenated alkanes) is 2. The van der Waals surface area contributed by atoms with Gasteiger partial charge in [-0.2, -0.15) is 8.78 Å². The molecule has 0 amide bonds. The van der Waals surface area contributed by atoms with Crippen molar-refractivity contribution in [3.63, 3.8) is 0 Å². The molecule has 5 rings (SSSR count). The van der Waals surface area contributed by atoms with E-state index in [1.165, 1.54) is 24.3 Å². The van der Waals surface area contributed by atoms with Crippen molar-refractivity contribution in [3.05, 3.63) is 137 Å². The number of ether oxygens (including phenoxy) is 1. The van der Waals surface area contributed by atoms with Gasteiger partial charge in [-0.25, -0.2) is 26.3 Å². The van der Waals surface area contributed by atoms with E-state index in [2.05, 4.69) is 11.7 Å². The lowest BCUT2D eigenvalue weighted by molar-refractivity contribution is -0.189. The van der Waals surface area contributed by atoms with E-state index in [1.807, 2.05) is 12.1 Å². The first kappa shape index (κ1) is 32.7. The molecule has 5 aromatic carbocycles. The van der Waals surface area contributed by atoms with Crippen molar-refractivity contribution in [1.29, 1.82) is 0 Å². The van der Waals surface area contributed by atoms with Crippen LogP contribution in [0.4, 0.5) is 35.1 Å². The molecular formula is C37H28F8O. The minimum atomic E-state index is -4.51. The third kappa shape index (κ3) is 7.09. The molecule has 0 fully saturated rings. The predicted octanol–water partition coefficient (Wildman–Crippen LogP) is 11.7. The molecule has 0 spiro atoms. The van der Waals surface area contributed by atoms with Gasteiger partial charge in [0.15, 0.2) is 0 Å². The van der Waals surface area contributed by atoms with Gasteiger partial charge >= 0.3 is 6.11 Å². The third-order valence-electron chi connectivity index (χ3n) is 7.66. The summed E-state index contributed by atoms with van der Waals surface area (Å²) in [6, 6.07) is 18.2. The summed E-state index contributed by atoms with van der Waals surface area (Å²) in [7, 11) is 0. The number of hydrogen-bond acceptors (Lipinski definition) is 1. The van der Waals surface area contributed by atoms with Crippen LogP contribution in [0.3, 0.4) is 0 Å². The fourth-order valence-corrected chi connectivity index (χ4v) is 5.19. The molecule has 1 nitrogen and oxygen atoms in total. The van der Waals surface area contributed by atoms with Gasteiger partial charge in [0.1, 0.15) is 47.1 Å². The number of hydrogen-bond donors (Lipinski definition) is 0. The minimum Gasteiger partial charge on any atom is -0.429 e. The van der Waals surface area contributed by atoms with Crippen LogP contribution in [-0.2, 0) is 19.2 Å². The molecule has 0 aliphatic rings. The molecule has 0 radical (unpaired) electrons. The minimum absolute atomic E-state index is 0.0254. The van der Waals surface area contributed by atoms with Crippen LogP contribution in [0.25, 0.3) is 33.4 Å². The van der Waals surface area contributed by atoms with E-state index in [-0.39, 0.29) is 33.4 Å². The van der Waals surface area contributed by atoms with E-state index in [9.17, 15) is 22.0 Å². The van der Waals surface area contributed by atoms with E-state index in [0.717, 1.165) is 67.6 Å². The summed E-state index contributed by atoms with van der Waals surface area (Å²) >= 11 is 0. The largest absolute Gasteiger partial charge is 0.432 e. The number of halogens is 8. The van der Waals surface area contributed by atoms with E-state index in [1.54, 1.807) is 12.1 Å². The molecule has 0 unspecified atom stereocenters. The third-order valence-corrected chi connectivity index (χ3v) is 7.66. The maximum absolute atomic E-state index is 15.1. The van der Waals surface area contributed by atoms with Gasteiger partial charge in [0.25, 0.3) is 0 Å². The Labute approximate surface area is 261 Å². The first-order valence-electron chi connectivity index (χ1n) is 14.6. The molecular weight excluding hydrogens is 612 g/mol. The van der Waals surface area contributed by atoms with Gasteiger partial charge in [-0.3, -0.25) is 0 Å². The van der Waals surface area contributed by atoms with Gasteiger partial charge in [-0.1, -0.05) is 68.3 Å². The first-order chi connectivity index (χ1) is 22.0. The molecule has 46 heavy (non-hydrogen) atoms. The Morgan fingerprint density at radius 1 is 0.565 bits per heavy atom. The summed E-state index contributed by atoms with van der Waals surface area (Å²) in [6.45, 7) is 1.07. The van der Waals surface area contributed by atoms with Gasteiger partial charge in [-0.05, 0) is 77.1 Å². The Bertz CT molecular complexity index is 1830. The number of benzene rings is 5. The SMILES string of the molecule is CCCCCc1ccc(-c2cc(F)c(C(F)(F)Oc3ccc(-c4ccc(-c5ccc(CF)c(F)c5)c(F)c4)c(F)c3)c(F)c2)cc1. The fraction of sp³-hybridized carbons (Fsp3) is 0.189. The lowest BCUT2D eigenvalue weighted by atomic mass is 9.98. The summed E-state index contributed by atoms with van der Waals surface area (Å²) in [6.07, 6.45) is -0.509. The molecule has 0 saturated carbocycles. The van der Waals surface area contributed by atoms with Gasteiger partial charge in [-0.15, -0.1) is 0 Å². The van der Waals surface area contributed by atoms with Gasteiger partial charge < -0.3 is 4.74 Å². The van der Waals surface area contributed by atoms with Gasteiger partial charge in [0.2, 0.25) is 0 Å².